The summed E-state index contributed by atoms with van der Waals surface area (Å²) in [5.74, 6) is 5.66. The lowest BCUT2D eigenvalue weighted by Crippen LogP contribution is -2.20. The highest BCUT2D eigenvalue weighted by molar-refractivity contribution is 5.31. The highest BCUT2D eigenvalue weighted by Crippen LogP contribution is 2.35. The van der Waals surface area contributed by atoms with E-state index in [1.54, 1.807) is 0 Å². The molecule has 1 aromatic carbocycles. The van der Waals surface area contributed by atoms with Gasteiger partial charge in [-0.3, -0.25) is 0 Å². The minimum atomic E-state index is 0.740. The molecular weight excluding hydrogens is 440 g/mol. The van der Waals surface area contributed by atoms with Gasteiger partial charge in [-0.15, -0.1) is 0 Å². The van der Waals surface area contributed by atoms with Gasteiger partial charge < -0.3 is 9.47 Å². The number of rotatable bonds is 18. The molecule has 2 fully saturated rings. The predicted octanol–water partition coefficient (Wildman–Crippen LogP) is 10.8. The van der Waals surface area contributed by atoms with E-state index < -0.39 is 0 Å². The van der Waals surface area contributed by atoms with Crippen molar-refractivity contribution < 1.29 is 9.47 Å². The third-order valence-corrected chi connectivity index (χ3v) is 9.20. The van der Waals surface area contributed by atoms with Crippen molar-refractivity contribution in [2.24, 2.45) is 23.7 Å². The molecule has 0 atom stereocenters. The van der Waals surface area contributed by atoms with E-state index in [-0.39, 0.29) is 0 Å². The molecule has 2 heteroatoms. The molecule has 36 heavy (non-hydrogen) atoms. The number of hydrogen-bond donors (Lipinski definition) is 0. The standard InChI is InChI=1S/C34H58O2/c1-3-5-7-9-12-29-15-17-31(18-16-29)14-11-27-35-33-23-25-34(26-24-33)36-28-32-21-19-30(20-22-32)13-10-8-6-4-2/h23-26,29-32H,3-22,27-28H2,1-2H3. The highest BCUT2D eigenvalue weighted by Gasteiger charge is 2.22. The lowest BCUT2D eigenvalue weighted by atomic mass is 9.78. The van der Waals surface area contributed by atoms with E-state index in [0.29, 0.717) is 0 Å². The minimum Gasteiger partial charge on any atom is -0.494 e. The smallest absolute Gasteiger partial charge is 0.119 e. The fourth-order valence-electron chi connectivity index (χ4n) is 6.62. The van der Waals surface area contributed by atoms with E-state index in [2.05, 4.69) is 38.1 Å². The van der Waals surface area contributed by atoms with E-state index in [9.17, 15) is 0 Å². The first-order valence-corrected chi connectivity index (χ1v) is 16.1. The Morgan fingerprint density at radius 2 is 0.917 bits per heavy atom. The van der Waals surface area contributed by atoms with Gasteiger partial charge in [-0.2, -0.15) is 0 Å². The molecule has 2 aliphatic carbocycles. The molecule has 3 rings (SSSR count). The summed E-state index contributed by atoms with van der Waals surface area (Å²) < 4.78 is 12.2. The van der Waals surface area contributed by atoms with Crippen LogP contribution in [0.2, 0.25) is 0 Å². The largest absolute Gasteiger partial charge is 0.494 e. The van der Waals surface area contributed by atoms with E-state index >= 15 is 0 Å². The molecule has 0 amide bonds. The summed E-state index contributed by atoms with van der Waals surface area (Å²) in [6, 6.07) is 8.37. The van der Waals surface area contributed by atoms with Gasteiger partial charge in [0.15, 0.2) is 0 Å². The van der Waals surface area contributed by atoms with Crippen LogP contribution in [0.15, 0.2) is 24.3 Å². The van der Waals surface area contributed by atoms with Crippen molar-refractivity contribution in [1.29, 1.82) is 0 Å². The van der Waals surface area contributed by atoms with Crippen LogP contribution < -0.4 is 9.47 Å². The van der Waals surface area contributed by atoms with Crippen molar-refractivity contribution in [2.45, 2.75) is 142 Å². The summed E-state index contributed by atoms with van der Waals surface area (Å²) in [5.41, 5.74) is 0. The van der Waals surface area contributed by atoms with Crippen LogP contribution in [0.3, 0.4) is 0 Å². The first-order valence-electron chi connectivity index (χ1n) is 16.1. The molecule has 0 N–H and O–H groups in total. The number of ether oxygens (including phenoxy) is 2. The number of unbranched alkanes of at least 4 members (excludes halogenated alkanes) is 6. The minimum absolute atomic E-state index is 0.740. The maximum atomic E-state index is 6.14. The van der Waals surface area contributed by atoms with Crippen LogP contribution in [0, 0.1) is 23.7 Å². The molecule has 206 valence electrons. The summed E-state index contributed by atoms with van der Waals surface area (Å²) >= 11 is 0. The second-order valence-electron chi connectivity index (χ2n) is 12.2. The first-order chi connectivity index (χ1) is 17.8. The summed E-state index contributed by atoms with van der Waals surface area (Å²) in [6.07, 6.45) is 28.1. The second-order valence-corrected chi connectivity index (χ2v) is 12.2. The SMILES string of the molecule is CCCCCCC1CCC(CCCOc2ccc(OCC3CCC(CCCCCC)CC3)cc2)CC1. The normalized spacial score (nSPS) is 24.5. The van der Waals surface area contributed by atoms with Gasteiger partial charge >= 0.3 is 0 Å². The predicted molar refractivity (Wildman–Crippen MR) is 155 cm³/mol. The molecule has 0 heterocycles. The zero-order chi connectivity index (χ0) is 25.3. The Balaban J connectivity index is 1.19. The van der Waals surface area contributed by atoms with Crippen molar-refractivity contribution in [3.63, 3.8) is 0 Å². The number of benzene rings is 1. The van der Waals surface area contributed by atoms with E-state index in [1.807, 2.05) is 0 Å². The Labute approximate surface area is 224 Å². The van der Waals surface area contributed by atoms with E-state index in [4.69, 9.17) is 9.47 Å². The summed E-state index contributed by atoms with van der Waals surface area (Å²) in [7, 11) is 0. The Morgan fingerprint density at radius 1 is 0.500 bits per heavy atom. The molecule has 2 saturated carbocycles. The van der Waals surface area contributed by atoms with Crippen molar-refractivity contribution in [2.75, 3.05) is 13.2 Å². The molecule has 0 saturated heterocycles. The topological polar surface area (TPSA) is 18.5 Å². The van der Waals surface area contributed by atoms with Crippen molar-refractivity contribution in [3.8, 4) is 11.5 Å². The molecule has 0 unspecified atom stereocenters. The Kier molecular flexibility index (Phi) is 14.8. The fraction of sp³-hybridized carbons (Fsp3) is 0.824. The second kappa shape index (κ2) is 18.1. The Bertz CT molecular complexity index is 638. The van der Waals surface area contributed by atoms with Gasteiger partial charge in [0.25, 0.3) is 0 Å². The maximum absolute atomic E-state index is 6.14. The third-order valence-electron chi connectivity index (χ3n) is 9.20. The third kappa shape index (κ3) is 11.9. The van der Waals surface area contributed by atoms with Crippen LogP contribution in [0.4, 0.5) is 0 Å². The zero-order valence-corrected chi connectivity index (χ0v) is 24.0. The van der Waals surface area contributed by atoms with Crippen molar-refractivity contribution in [1.82, 2.24) is 0 Å². The highest BCUT2D eigenvalue weighted by atomic mass is 16.5. The lowest BCUT2D eigenvalue weighted by molar-refractivity contribution is 0.177. The quantitative estimate of drug-likeness (QED) is 0.187. The van der Waals surface area contributed by atoms with Gasteiger partial charge in [-0.25, -0.2) is 0 Å². The van der Waals surface area contributed by atoms with Gasteiger partial charge in [-0.1, -0.05) is 117 Å². The molecule has 0 aromatic heterocycles. The van der Waals surface area contributed by atoms with E-state index in [0.717, 1.165) is 48.4 Å². The first kappa shape index (κ1) is 29.4. The van der Waals surface area contributed by atoms with Crippen LogP contribution in [-0.2, 0) is 0 Å². The average molecular weight is 499 g/mol. The van der Waals surface area contributed by atoms with Crippen LogP contribution in [0.5, 0.6) is 11.5 Å². The van der Waals surface area contributed by atoms with Crippen LogP contribution in [0.25, 0.3) is 0 Å². The summed E-state index contributed by atoms with van der Waals surface area (Å²) in [4.78, 5) is 0. The molecular formula is C34H58O2. The van der Waals surface area contributed by atoms with Crippen molar-refractivity contribution in [3.05, 3.63) is 24.3 Å². The molecule has 1 aromatic rings. The monoisotopic (exact) mass is 498 g/mol. The van der Waals surface area contributed by atoms with Crippen LogP contribution in [-0.4, -0.2) is 13.2 Å². The van der Waals surface area contributed by atoms with E-state index in [1.165, 1.54) is 128 Å². The maximum Gasteiger partial charge on any atom is 0.119 e. The molecule has 0 bridgehead atoms. The fourth-order valence-corrected chi connectivity index (χ4v) is 6.62. The Morgan fingerprint density at radius 3 is 1.39 bits per heavy atom. The molecule has 0 radical (unpaired) electrons. The molecule has 0 spiro atoms. The molecule has 0 aliphatic heterocycles. The van der Waals surface area contributed by atoms with Gasteiger partial charge in [0.1, 0.15) is 11.5 Å². The zero-order valence-electron chi connectivity index (χ0n) is 24.0. The average Bonchev–Trinajstić information content (AvgIpc) is 2.92. The van der Waals surface area contributed by atoms with Crippen molar-refractivity contribution >= 4 is 0 Å². The molecule has 2 nitrogen and oxygen atoms in total. The van der Waals surface area contributed by atoms with Gasteiger partial charge in [-0.05, 0) is 73.6 Å². The lowest BCUT2D eigenvalue weighted by Gasteiger charge is -2.28. The van der Waals surface area contributed by atoms with Crippen LogP contribution >= 0.6 is 0 Å². The van der Waals surface area contributed by atoms with Gasteiger partial charge in [0, 0.05) is 0 Å². The van der Waals surface area contributed by atoms with Crippen LogP contribution in [0.1, 0.15) is 142 Å². The molecule has 2 aliphatic rings. The number of hydrogen-bond acceptors (Lipinski definition) is 2. The Hall–Kier alpha value is -1.18. The summed E-state index contributed by atoms with van der Waals surface area (Å²) in [5, 5.41) is 0. The van der Waals surface area contributed by atoms with Gasteiger partial charge in [0.05, 0.1) is 13.2 Å². The van der Waals surface area contributed by atoms with Gasteiger partial charge in [0.2, 0.25) is 0 Å². The summed E-state index contributed by atoms with van der Waals surface area (Å²) in [6.45, 7) is 6.33.